The summed E-state index contributed by atoms with van der Waals surface area (Å²) in [7, 11) is 0. The van der Waals surface area contributed by atoms with Crippen LogP contribution in [0.2, 0.25) is 0 Å². The average molecular weight is 264 g/mol. The molecule has 2 rings (SSSR count). The van der Waals surface area contributed by atoms with E-state index >= 15 is 0 Å². The molecule has 1 fully saturated rings. The first-order chi connectivity index (χ1) is 9.22. The van der Waals surface area contributed by atoms with Crippen molar-refractivity contribution in [3.8, 4) is 0 Å². The molecule has 1 N–H and O–H groups in total. The monoisotopic (exact) mass is 264 g/mol. The molecule has 5 heteroatoms. The third kappa shape index (κ3) is 3.56. The molecule has 0 bridgehead atoms. The predicted octanol–water partition coefficient (Wildman–Crippen LogP) is 2.14. The topological polar surface area (TPSA) is 50.3 Å². The summed E-state index contributed by atoms with van der Waals surface area (Å²) in [6, 6.07) is 0. The number of rotatable bonds is 4. The van der Waals surface area contributed by atoms with Gasteiger partial charge in [-0.25, -0.2) is 9.97 Å². The van der Waals surface area contributed by atoms with Crippen molar-refractivity contribution in [1.82, 2.24) is 9.97 Å². The van der Waals surface area contributed by atoms with Crippen LogP contribution >= 0.6 is 0 Å². The summed E-state index contributed by atoms with van der Waals surface area (Å²) in [5.74, 6) is 2.84. The summed E-state index contributed by atoms with van der Waals surface area (Å²) < 4.78 is 5.51. The van der Waals surface area contributed by atoms with Gasteiger partial charge >= 0.3 is 0 Å². The van der Waals surface area contributed by atoms with E-state index in [9.17, 15) is 0 Å². The minimum Gasteiger partial charge on any atom is -0.380 e. The summed E-state index contributed by atoms with van der Waals surface area (Å²) in [5, 5.41) is 3.39. The van der Waals surface area contributed by atoms with Gasteiger partial charge in [0.05, 0.1) is 6.61 Å². The number of hydrogen-bond acceptors (Lipinski definition) is 5. The average Bonchev–Trinajstić information content (AvgIpc) is 2.68. The zero-order valence-corrected chi connectivity index (χ0v) is 12.2. The summed E-state index contributed by atoms with van der Waals surface area (Å²) in [6.45, 7) is 10.7. The van der Waals surface area contributed by atoms with Crippen LogP contribution in [-0.2, 0) is 4.74 Å². The van der Waals surface area contributed by atoms with Gasteiger partial charge in [-0.05, 0) is 26.7 Å². The van der Waals surface area contributed by atoms with Crippen LogP contribution in [0, 0.1) is 13.8 Å². The van der Waals surface area contributed by atoms with E-state index < -0.39 is 0 Å². The highest BCUT2D eigenvalue weighted by Gasteiger charge is 2.17. The molecular weight excluding hydrogens is 240 g/mol. The van der Waals surface area contributed by atoms with Gasteiger partial charge in [-0.3, -0.25) is 0 Å². The first-order valence-electron chi connectivity index (χ1n) is 7.14. The van der Waals surface area contributed by atoms with Crippen molar-refractivity contribution < 1.29 is 4.74 Å². The molecule has 0 radical (unpaired) electrons. The Kier molecular flexibility index (Phi) is 4.96. The number of aromatic nitrogens is 2. The number of aryl methyl sites for hydroxylation is 1. The Bertz CT molecular complexity index is 414. The molecular formula is C14H24N4O. The normalized spacial score (nSPS) is 16.3. The Morgan fingerprint density at radius 1 is 1.21 bits per heavy atom. The van der Waals surface area contributed by atoms with E-state index in [1.54, 1.807) is 0 Å². The Hall–Kier alpha value is -1.36. The van der Waals surface area contributed by atoms with Crippen LogP contribution in [0.1, 0.15) is 31.2 Å². The molecule has 1 aliphatic rings. The van der Waals surface area contributed by atoms with Gasteiger partial charge in [0.25, 0.3) is 0 Å². The van der Waals surface area contributed by atoms with Crippen molar-refractivity contribution in [3.05, 3.63) is 11.4 Å². The Morgan fingerprint density at radius 2 is 2.05 bits per heavy atom. The molecule has 1 aromatic rings. The smallest absolute Gasteiger partial charge is 0.137 e. The second kappa shape index (κ2) is 6.70. The van der Waals surface area contributed by atoms with E-state index in [2.05, 4.69) is 34.0 Å². The molecule has 1 aromatic heterocycles. The van der Waals surface area contributed by atoms with Gasteiger partial charge < -0.3 is 15.0 Å². The molecule has 0 saturated carbocycles. The Labute approximate surface area is 115 Å². The molecule has 0 aromatic carbocycles. The lowest BCUT2D eigenvalue weighted by molar-refractivity contribution is 0.152. The van der Waals surface area contributed by atoms with Crippen molar-refractivity contribution in [3.63, 3.8) is 0 Å². The summed E-state index contributed by atoms with van der Waals surface area (Å²) in [6.07, 6.45) is 2.15. The van der Waals surface area contributed by atoms with Crippen molar-refractivity contribution in [2.45, 2.75) is 33.6 Å². The van der Waals surface area contributed by atoms with Crippen LogP contribution in [0.3, 0.4) is 0 Å². The van der Waals surface area contributed by atoms with E-state index in [1.165, 1.54) is 0 Å². The molecule has 0 spiro atoms. The molecule has 106 valence electrons. The van der Waals surface area contributed by atoms with Gasteiger partial charge in [0, 0.05) is 31.8 Å². The minimum absolute atomic E-state index is 0.778. The predicted molar refractivity (Wildman–Crippen MR) is 77.9 cm³/mol. The van der Waals surface area contributed by atoms with E-state index in [0.717, 1.165) is 68.7 Å². The van der Waals surface area contributed by atoms with Crippen LogP contribution in [-0.4, -0.2) is 42.8 Å². The third-order valence-electron chi connectivity index (χ3n) is 3.30. The maximum Gasteiger partial charge on any atom is 0.137 e. The van der Waals surface area contributed by atoms with Crippen molar-refractivity contribution in [1.29, 1.82) is 0 Å². The number of ether oxygens (including phenoxy) is 1. The van der Waals surface area contributed by atoms with Crippen LogP contribution < -0.4 is 10.2 Å². The minimum atomic E-state index is 0.778. The molecule has 0 aliphatic carbocycles. The summed E-state index contributed by atoms with van der Waals surface area (Å²) in [4.78, 5) is 11.4. The highest BCUT2D eigenvalue weighted by Crippen LogP contribution is 2.24. The van der Waals surface area contributed by atoms with Gasteiger partial charge in [0.2, 0.25) is 0 Å². The van der Waals surface area contributed by atoms with Crippen LogP contribution in [0.4, 0.5) is 11.6 Å². The highest BCUT2D eigenvalue weighted by molar-refractivity contribution is 5.58. The fraction of sp³-hybridized carbons (Fsp3) is 0.714. The van der Waals surface area contributed by atoms with E-state index in [-0.39, 0.29) is 0 Å². The molecule has 0 atom stereocenters. The molecule has 5 nitrogen and oxygen atoms in total. The Morgan fingerprint density at radius 3 is 2.84 bits per heavy atom. The van der Waals surface area contributed by atoms with E-state index in [0.29, 0.717) is 0 Å². The largest absolute Gasteiger partial charge is 0.380 e. The third-order valence-corrected chi connectivity index (χ3v) is 3.30. The first-order valence-corrected chi connectivity index (χ1v) is 7.14. The molecule has 1 aliphatic heterocycles. The van der Waals surface area contributed by atoms with Crippen LogP contribution in [0.25, 0.3) is 0 Å². The Balaban J connectivity index is 2.25. The standard InChI is InChI=1S/C14H24N4O/c1-4-6-15-13-11(2)14(17-12(3)16-13)18-7-5-9-19-10-8-18/h4-10H2,1-3H3,(H,15,16,17). The quantitative estimate of drug-likeness (QED) is 0.903. The number of anilines is 2. The SMILES string of the molecule is CCCNc1nc(C)nc(N2CCCOCC2)c1C. The lowest BCUT2D eigenvalue weighted by atomic mass is 10.2. The summed E-state index contributed by atoms with van der Waals surface area (Å²) in [5.41, 5.74) is 1.14. The fourth-order valence-electron chi connectivity index (χ4n) is 2.29. The first kappa shape index (κ1) is 14.1. The lowest BCUT2D eigenvalue weighted by Crippen LogP contribution is -2.28. The van der Waals surface area contributed by atoms with Gasteiger partial charge in [-0.15, -0.1) is 0 Å². The van der Waals surface area contributed by atoms with Crippen molar-refractivity contribution in [2.24, 2.45) is 0 Å². The van der Waals surface area contributed by atoms with Crippen molar-refractivity contribution in [2.75, 3.05) is 43.1 Å². The number of nitrogens with zero attached hydrogens (tertiary/aromatic N) is 3. The number of nitrogens with one attached hydrogen (secondary N) is 1. The van der Waals surface area contributed by atoms with Gasteiger partial charge in [-0.2, -0.15) is 0 Å². The zero-order chi connectivity index (χ0) is 13.7. The highest BCUT2D eigenvalue weighted by atomic mass is 16.5. The van der Waals surface area contributed by atoms with E-state index in [4.69, 9.17) is 4.74 Å². The molecule has 0 unspecified atom stereocenters. The zero-order valence-electron chi connectivity index (χ0n) is 12.2. The second-order valence-corrected chi connectivity index (χ2v) is 4.95. The lowest BCUT2D eigenvalue weighted by Gasteiger charge is -2.24. The van der Waals surface area contributed by atoms with Crippen molar-refractivity contribution >= 4 is 11.6 Å². The summed E-state index contributed by atoms with van der Waals surface area (Å²) >= 11 is 0. The molecule has 0 amide bonds. The van der Waals surface area contributed by atoms with Gasteiger partial charge in [0.1, 0.15) is 17.5 Å². The van der Waals surface area contributed by atoms with Crippen LogP contribution in [0.15, 0.2) is 0 Å². The molecule has 19 heavy (non-hydrogen) atoms. The maximum absolute atomic E-state index is 5.51. The maximum atomic E-state index is 5.51. The molecule has 1 saturated heterocycles. The fourth-order valence-corrected chi connectivity index (χ4v) is 2.29. The van der Waals surface area contributed by atoms with Gasteiger partial charge in [-0.1, -0.05) is 6.92 Å². The second-order valence-electron chi connectivity index (χ2n) is 4.95. The number of hydrogen-bond donors (Lipinski definition) is 1. The van der Waals surface area contributed by atoms with E-state index in [1.807, 2.05) is 6.92 Å². The van der Waals surface area contributed by atoms with Crippen LogP contribution in [0.5, 0.6) is 0 Å². The van der Waals surface area contributed by atoms with Gasteiger partial charge in [0.15, 0.2) is 0 Å². The molecule has 2 heterocycles.